The van der Waals surface area contributed by atoms with E-state index in [-0.39, 0.29) is 0 Å². The Hall–Kier alpha value is -1.33. The molecule has 5 nitrogen and oxygen atoms in total. The second-order valence-corrected chi connectivity index (χ2v) is 3.10. The van der Waals surface area contributed by atoms with Gasteiger partial charge < -0.3 is 20.6 Å². The van der Waals surface area contributed by atoms with E-state index in [0.717, 1.165) is 0 Å². The fourth-order valence-corrected chi connectivity index (χ4v) is 1.54. The van der Waals surface area contributed by atoms with Crippen LogP contribution < -0.4 is 5.73 Å². The zero-order valence-corrected chi connectivity index (χ0v) is 8.42. The molecule has 0 fully saturated rings. The molecule has 0 aliphatic carbocycles. The summed E-state index contributed by atoms with van der Waals surface area (Å²) in [4.78, 5) is 14.3. The third kappa shape index (κ3) is 1.64. The van der Waals surface area contributed by atoms with Crippen LogP contribution in [0.1, 0.15) is 33.5 Å². The van der Waals surface area contributed by atoms with Gasteiger partial charge in [-0.2, -0.15) is 0 Å². The molecule has 1 heterocycles. The molecular weight excluding hydrogens is 184 g/mol. The number of H-pyrrole nitrogens is 1. The van der Waals surface area contributed by atoms with Crippen LogP contribution in [0.25, 0.3) is 0 Å². The third-order valence-electron chi connectivity index (χ3n) is 2.11. The van der Waals surface area contributed by atoms with Gasteiger partial charge in [-0.05, 0) is 13.8 Å². The Balaban J connectivity index is 3.32. The van der Waals surface area contributed by atoms with E-state index in [1.165, 1.54) is 7.11 Å². The average molecular weight is 198 g/mol. The number of carbonyl (C=O) groups excluding carboxylic acids is 1. The third-order valence-corrected chi connectivity index (χ3v) is 2.11. The molecule has 14 heavy (non-hydrogen) atoms. The molecule has 1 atom stereocenters. The summed E-state index contributed by atoms with van der Waals surface area (Å²) >= 11 is 0. The van der Waals surface area contributed by atoms with Gasteiger partial charge in [-0.3, -0.25) is 0 Å². The first-order chi connectivity index (χ1) is 6.49. The van der Waals surface area contributed by atoms with Crippen LogP contribution in [0.5, 0.6) is 0 Å². The highest BCUT2D eigenvalue weighted by molar-refractivity contribution is 5.93. The van der Waals surface area contributed by atoms with Crippen molar-refractivity contribution in [1.82, 2.24) is 4.98 Å². The van der Waals surface area contributed by atoms with E-state index >= 15 is 0 Å². The molecule has 5 heteroatoms. The Morgan fingerprint density at radius 2 is 2.07 bits per heavy atom. The zero-order valence-electron chi connectivity index (χ0n) is 8.42. The molecule has 0 bridgehead atoms. The predicted molar refractivity (Wildman–Crippen MR) is 50.8 cm³/mol. The molecule has 0 aliphatic heterocycles. The van der Waals surface area contributed by atoms with Crippen LogP contribution in [0, 0.1) is 13.8 Å². The van der Waals surface area contributed by atoms with Gasteiger partial charge in [0, 0.05) is 17.0 Å². The molecule has 1 rings (SSSR count). The lowest BCUT2D eigenvalue weighted by molar-refractivity contribution is 0.0593. The minimum absolute atomic E-state index is 0.319. The maximum atomic E-state index is 11.4. The molecule has 0 amide bonds. The minimum atomic E-state index is -1.17. The summed E-state index contributed by atoms with van der Waals surface area (Å²) in [6.07, 6.45) is -1.17. The van der Waals surface area contributed by atoms with Gasteiger partial charge in [0.1, 0.15) is 6.23 Å². The van der Waals surface area contributed by atoms with Crippen LogP contribution in [0.4, 0.5) is 0 Å². The maximum Gasteiger partial charge on any atom is 0.340 e. The van der Waals surface area contributed by atoms with E-state index in [9.17, 15) is 9.90 Å². The van der Waals surface area contributed by atoms with Crippen molar-refractivity contribution >= 4 is 5.97 Å². The molecule has 0 aliphatic rings. The van der Waals surface area contributed by atoms with Gasteiger partial charge in [-0.15, -0.1) is 0 Å². The summed E-state index contributed by atoms with van der Waals surface area (Å²) in [6.45, 7) is 3.47. The monoisotopic (exact) mass is 198 g/mol. The number of methoxy groups -OCH3 is 1. The second kappa shape index (κ2) is 3.81. The highest BCUT2D eigenvalue weighted by atomic mass is 16.5. The first-order valence-electron chi connectivity index (χ1n) is 4.20. The van der Waals surface area contributed by atoms with E-state index in [1.54, 1.807) is 13.8 Å². The smallest absolute Gasteiger partial charge is 0.340 e. The zero-order chi connectivity index (χ0) is 10.9. The maximum absolute atomic E-state index is 11.4. The van der Waals surface area contributed by atoms with Crippen LogP contribution in [0.15, 0.2) is 0 Å². The predicted octanol–water partition coefficient (Wildman–Crippen LogP) is 0.368. The first kappa shape index (κ1) is 10.7. The van der Waals surface area contributed by atoms with Crippen LogP contribution in [0.3, 0.4) is 0 Å². The Bertz CT molecular complexity index is 355. The number of hydrogen-bond acceptors (Lipinski definition) is 4. The van der Waals surface area contributed by atoms with Crippen molar-refractivity contribution in [2.45, 2.75) is 20.1 Å². The molecule has 4 N–H and O–H groups in total. The van der Waals surface area contributed by atoms with Gasteiger partial charge in [0.05, 0.1) is 12.7 Å². The fourth-order valence-electron chi connectivity index (χ4n) is 1.54. The largest absolute Gasteiger partial charge is 0.465 e. The van der Waals surface area contributed by atoms with Crippen molar-refractivity contribution in [1.29, 1.82) is 0 Å². The van der Waals surface area contributed by atoms with E-state index in [4.69, 9.17) is 5.73 Å². The SMILES string of the molecule is COC(=O)c1c(C)[nH]c(C)c1[C@H](N)O. The molecule has 0 spiro atoms. The van der Waals surface area contributed by atoms with Gasteiger partial charge in [0.2, 0.25) is 0 Å². The van der Waals surface area contributed by atoms with E-state index in [0.29, 0.717) is 22.5 Å². The number of esters is 1. The number of nitrogens with one attached hydrogen (secondary N) is 1. The highest BCUT2D eigenvalue weighted by Crippen LogP contribution is 2.22. The lowest BCUT2D eigenvalue weighted by atomic mass is 10.1. The van der Waals surface area contributed by atoms with Crippen LogP contribution >= 0.6 is 0 Å². The Labute approximate surface area is 81.9 Å². The molecule has 1 aromatic rings. The summed E-state index contributed by atoms with van der Waals surface area (Å²) < 4.78 is 4.60. The van der Waals surface area contributed by atoms with Gasteiger partial charge in [0.25, 0.3) is 0 Å². The number of aliphatic hydroxyl groups is 1. The van der Waals surface area contributed by atoms with Crippen LogP contribution in [-0.2, 0) is 4.74 Å². The number of ether oxygens (including phenoxy) is 1. The quantitative estimate of drug-likeness (QED) is 0.473. The summed E-state index contributed by atoms with van der Waals surface area (Å²) in [5.74, 6) is -0.494. The Kier molecular flexibility index (Phi) is 2.93. The minimum Gasteiger partial charge on any atom is -0.465 e. The molecule has 0 unspecified atom stereocenters. The highest BCUT2D eigenvalue weighted by Gasteiger charge is 2.22. The van der Waals surface area contributed by atoms with Crippen LogP contribution in [-0.4, -0.2) is 23.2 Å². The van der Waals surface area contributed by atoms with Gasteiger partial charge in [-0.1, -0.05) is 0 Å². The molecular formula is C9H14N2O3. The molecule has 0 saturated heterocycles. The van der Waals surface area contributed by atoms with Crippen molar-refractivity contribution in [2.24, 2.45) is 5.73 Å². The average Bonchev–Trinajstić information content (AvgIpc) is 2.39. The van der Waals surface area contributed by atoms with E-state index in [1.807, 2.05) is 0 Å². The van der Waals surface area contributed by atoms with Crippen molar-refractivity contribution in [2.75, 3.05) is 7.11 Å². The lowest BCUT2D eigenvalue weighted by Crippen LogP contribution is -2.14. The normalized spacial score (nSPS) is 12.6. The van der Waals surface area contributed by atoms with Crippen molar-refractivity contribution < 1.29 is 14.6 Å². The standard InChI is InChI=1S/C9H14N2O3/c1-4-6(8(10)12)7(5(2)11-4)9(13)14-3/h8,11-12H,10H2,1-3H3/t8-/m1/s1. The van der Waals surface area contributed by atoms with Crippen LogP contribution in [0.2, 0.25) is 0 Å². The topological polar surface area (TPSA) is 88.3 Å². The number of carbonyl (C=O) groups is 1. The molecule has 78 valence electrons. The molecule has 0 saturated carbocycles. The number of hydrogen-bond donors (Lipinski definition) is 3. The summed E-state index contributed by atoms with van der Waals surface area (Å²) in [7, 11) is 1.29. The number of aromatic nitrogens is 1. The van der Waals surface area contributed by atoms with Crippen molar-refractivity contribution in [3.8, 4) is 0 Å². The fraction of sp³-hybridized carbons (Fsp3) is 0.444. The van der Waals surface area contributed by atoms with Gasteiger partial charge in [-0.25, -0.2) is 4.79 Å². The number of aliphatic hydroxyl groups excluding tert-OH is 1. The number of rotatable bonds is 2. The second-order valence-electron chi connectivity index (χ2n) is 3.10. The van der Waals surface area contributed by atoms with Crippen molar-refractivity contribution in [3.63, 3.8) is 0 Å². The summed E-state index contributed by atoms with van der Waals surface area (Å²) in [5.41, 5.74) is 7.39. The number of aromatic amines is 1. The number of aryl methyl sites for hydroxylation is 2. The number of nitrogens with two attached hydrogens (primary N) is 1. The Morgan fingerprint density at radius 3 is 2.50 bits per heavy atom. The Morgan fingerprint density at radius 1 is 1.50 bits per heavy atom. The summed E-state index contributed by atoms with van der Waals surface area (Å²) in [5, 5.41) is 9.29. The van der Waals surface area contributed by atoms with E-state index < -0.39 is 12.2 Å². The molecule has 0 aromatic carbocycles. The van der Waals surface area contributed by atoms with Crippen molar-refractivity contribution in [3.05, 3.63) is 22.5 Å². The van der Waals surface area contributed by atoms with Gasteiger partial charge >= 0.3 is 5.97 Å². The summed E-state index contributed by atoms with van der Waals surface area (Å²) in [6, 6.07) is 0. The molecule has 0 radical (unpaired) electrons. The first-order valence-corrected chi connectivity index (χ1v) is 4.20. The van der Waals surface area contributed by atoms with E-state index in [2.05, 4.69) is 9.72 Å². The van der Waals surface area contributed by atoms with Gasteiger partial charge in [0.15, 0.2) is 0 Å². The molecule has 1 aromatic heterocycles. The lowest BCUT2D eigenvalue weighted by Gasteiger charge is -2.06.